The molecule has 16 rings (SSSR count). The van der Waals surface area contributed by atoms with Crippen LogP contribution in [0.25, 0.3) is 98.4 Å². The first kappa shape index (κ1) is 44.5. The summed E-state index contributed by atoms with van der Waals surface area (Å²) in [5.74, 6) is 0. The molecule has 0 spiro atoms. The molecule has 5 heteroatoms. The van der Waals surface area contributed by atoms with E-state index in [1.54, 1.807) is 0 Å². The van der Waals surface area contributed by atoms with Crippen LogP contribution < -0.4 is 15.8 Å². The number of fused-ring (bicyclic) bond motifs is 17. The van der Waals surface area contributed by atoms with Gasteiger partial charge in [-0.1, -0.05) is 193 Å². The van der Waals surface area contributed by atoms with Gasteiger partial charge >= 0.3 is 6.85 Å². The molecule has 5 heterocycles. The fourth-order valence-electron chi connectivity index (χ4n) is 13.6. The summed E-state index contributed by atoms with van der Waals surface area (Å²) in [6, 6.07) is 75.1. The average molecular weight is 991 g/mol. The highest BCUT2D eigenvalue weighted by Gasteiger charge is 2.46. The number of nitrogens with zero attached hydrogens (tertiary/aromatic N) is 2. The number of hydrogen-bond acceptors (Lipinski definition) is 3. The summed E-state index contributed by atoms with van der Waals surface area (Å²) in [4.78, 5) is 2.66. The molecule has 2 aliphatic heterocycles. The molecule has 368 valence electrons. The number of hydrogen-bond donors (Lipinski definition) is 0. The van der Waals surface area contributed by atoms with Crippen LogP contribution in [-0.4, -0.2) is 11.3 Å². The van der Waals surface area contributed by atoms with Crippen molar-refractivity contribution in [3.63, 3.8) is 0 Å². The van der Waals surface area contributed by atoms with Gasteiger partial charge < -0.3 is 18.2 Å². The van der Waals surface area contributed by atoms with Gasteiger partial charge in [0.2, 0.25) is 0 Å². The Bertz CT molecular complexity index is 4800. The van der Waals surface area contributed by atoms with Crippen LogP contribution in [0.1, 0.15) is 74.9 Å². The first-order valence-corrected chi connectivity index (χ1v) is 27.4. The summed E-state index contributed by atoms with van der Waals surface area (Å²) in [7, 11) is 0. The van der Waals surface area contributed by atoms with E-state index in [2.05, 4.69) is 251 Å². The lowest BCUT2D eigenvalue weighted by Gasteiger charge is -2.41. The second-order valence-electron chi connectivity index (χ2n) is 24.0. The monoisotopic (exact) mass is 990 g/mol. The summed E-state index contributed by atoms with van der Waals surface area (Å²) >= 11 is 0. The van der Waals surface area contributed by atoms with Crippen molar-refractivity contribution in [2.75, 3.05) is 4.90 Å². The summed E-state index contributed by atoms with van der Waals surface area (Å²) in [5.41, 5.74) is 22.0. The molecule has 0 atom stereocenters. The zero-order valence-electron chi connectivity index (χ0n) is 44.3. The Kier molecular flexibility index (Phi) is 9.18. The quantitative estimate of drug-likeness (QED) is 0.127. The standard InChI is InChI=1S/C72H55BN2O2/c1-71(2,3)44-35-45(72(4,5)6)37-46(36-44)74-61-40-55-53(34-43-23-11-8-12-24-43)48-26-14-13-25-47(48)52(33-42-21-9-7-10-22-42)54(55)39-59(61)73-67-62(74)41-57-50-28-17-20-32-64(50)76-69(57)65(67)58-38-56-49-27-16-19-31-63(49)77-70(56)66-51-29-15-18-30-60(51)75(73)68(58)66/h7-32,35-41H,33-34H2,1-6H3. The highest BCUT2D eigenvalue weighted by atomic mass is 16.3. The minimum Gasteiger partial charge on any atom is -0.455 e. The molecule has 11 aromatic carbocycles. The van der Waals surface area contributed by atoms with E-state index in [0.29, 0.717) is 0 Å². The summed E-state index contributed by atoms with van der Waals surface area (Å²) in [6.45, 7) is 13.9. The fraction of sp³-hybridized carbons (Fsp3) is 0.139. The van der Waals surface area contributed by atoms with Gasteiger partial charge in [-0.25, -0.2) is 0 Å². The predicted molar refractivity (Wildman–Crippen MR) is 325 cm³/mol. The van der Waals surface area contributed by atoms with Crippen LogP contribution in [0.3, 0.4) is 0 Å². The van der Waals surface area contributed by atoms with Crippen LogP contribution in [0.5, 0.6) is 0 Å². The third-order valence-electron chi connectivity index (χ3n) is 17.3. The van der Waals surface area contributed by atoms with Crippen molar-refractivity contribution in [1.29, 1.82) is 0 Å². The van der Waals surface area contributed by atoms with Crippen LogP contribution in [-0.2, 0) is 23.7 Å². The molecular formula is C72H55BN2O2. The molecule has 14 aromatic rings. The Morgan fingerprint density at radius 3 is 1.52 bits per heavy atom. The lowest BCUT2D eigenvalue weighted by molar-refractivity contribution is 0.569. The van der Waals surface area contributed by atoms with Crippen LogP contribution in [0.2, 0.25) is 0 Å². The molecule has 2 aliphatic rings. The van der Waals surface area contributed by atoms with E-state index in [1.165, 1.54) is 93.6 Å². The van der Waals surface area contributed by atoms with Crippen molar-refractivity contribution in [3.8, 4) is 11.1 Å². The highest BCUT2D eigenvalue weighted by Crippen LogP contribution is 2.53. The lowest BCUT2D eigenvalue weighted by Crippen LogP contribution is -2.56. The van der Waals surface area contributed by atoms with Crippen molar-refractivity contribution >= 4 is 122 Å². The molecule has 0 aliphatic carbocycles. The molecule has 0 N–H and O–H groups in total. The van der Waals surface area contributed by atoms with Gasteiger partial charge in [-0.3, -0.25) is 0 Å². The zero-order chi connectivity index (χ0) is 51.6. The Morgan fingerprint density at radius 2 is 0.922 bits per heavy atom. The van der Waals surface area contributed by atoms with E-state index in [-0.39, 0.29) is 17.7 Å². The summed E-state index contributed by atoms with van der Waals surface area (Å²) in [5, 5.41) is 11.9. The van der Waals surface area contributed by atoms with E-state index < -0.39 is 0 Å². The van der Waals surface area contributed by atoms with Crippen LogP contribution in [0.4, 0.5) is 17.1 Å². The van der Waals surface area contributed by atoms with Crippen LogP contribution in [0.15, 0.2) is 209 Å². The average Bonchev–Trinajstić information content (AvgIpc) is 4.00. The molecule has 0 unspecified atom stereocenters. The molecule has 0 bridgehead atoms. The molecule has 3 aromatic heterocycles. The maximum Gasteiger partial charge on any atom is 0.333 e. The summed E-state index contributed by atoms with van der Waals surface area (Å²) < 4.78 is 17.0. The van der Waals surface area contributed by atoms with E-state index in [4.69, 9.17) is 8.83 Å². The number of benzene rings is 11. The molecule has 77 heavy (non-hydrogen) atoms. The predicted octanol–water partition coefficient (Wildman–Crippen LogP) is 18.1. The molecular weight excluding hydrogens is 936 g/mol. The Labute approximate surface area is 447 Å². The van der Waals surface area contributed by atoms with Crippen LogP contribution >= 0.6 is 0 Å². The minimum atomic E-state index is -0.244. The molecule has 0 saturated carbocycles. The maximum atomic E-state index is 7.31. The van der Waals surface area contributed by atoms with Crippen molar-refractivity contribution in [1.82, 2.24) is 4.48 Å². The normalized spacial score (nSPS) is 13.4. The second kappa shape index (κ2) is 15.9. The topological polar surface area (TPSA) is 34.5 Å². The third-order valence-corrected chi connectivity index (χ3v) is 17.3. The Morgan fingerprint density at radius 1 is 0.429 bits per heavy atom. The first-order valence-electron chi connectivity index (χ1n) is 27.4. The molecule has 0 radical (unpaired) electrons. The summed E-state index contributed by atoms with van der Waals surface area (Å²) in [6.07, 6.45) is 1.59. The van der Waals surface area contributed by atoms with Gasteiger partial charge in [-0.05, 0) is 138 Å². The van der Waals surface area contributed by atoms with Crippen molar-refractivity contribution < 1.29 is 8.83 Å². The third kappa shape index (κ3) is 6.41. The zero-order valence-corrected chi connectivity index (χ0v) is 44.3. The second-order valence-corrected chi connectivity index (χ2v) is 24.0. The molecule has 0 amide bonds. The lowest BCUT2D eigenvalue weighted by atomic mass is 9.44. The largest absolute Gasteiger partial charge is 0.455 e. The van der Waals surface area contributed by atoms with E-state index in [0.717, 1.165) is 78.9 Å². The maximum absolute atomic E-state index is 7.31. The van der Waals surface area contributed by atoms with Gasteiger partial charge in [0, 0.05) is 66.2 Å². The number of aromatic nitrogens is 1. The van der Waals surface area contributed by atoms with Gasteiger partial charge in [0.05, 0.1) is 5.39 Å². The molecule has 0 saturated heterocycles. The van der Waals surface area contributed by atoms with Crippen molar-refractivity contribution in [3.05, 3.63) is 234 Å². The SMILES string of the molecule is CC(C)(C)c1cc(N2c3cc4c(Cc5ccccc5)c5ccccc5c(Cc5ccccc5)c4cc3B3c4c2cc2c(oc5ccccc52)c4-c2cc4c5ccccc5oc4c4c5ccccc5n3c24)cc(C(C)(C)C)c1. The minimum absolute atomic E-state index is 0.119. The Hall–Kier alpha value is -8.80. The number of furan rings is 2. The van der Waals surface area contributed by atoms with Gasteiger partial charge in [-0.2, -0.15) is 0 Å². The number of para-hydroxylation sites is 3. The van der Waals surface area contributed by atoms with E-state index in [1.807, 2.05) is 0 Å². The van der Waals surface area contributed by atoms with Crippen molar-refractivity contribution in [2.24, 2.45) is 0 Å². The number of anilines is 3. The molecule has 4 nitrogen and oxygen atoms in total. The highest BCUT2D eigenvalue weighted by molar-refractivity contribution is 6.90. The fourth-order valence-corrected chi connectivity index (χ4v) is 13.6. The molecule has 0 fully saturated rings. The smallest absolute Gasteiger partial charge is 0.333 e. The van der Waals surface area contributed by atoms with Crippen LogP contribution in [0, 0.1) is 0 Å². The van der Waals surface area contributed by atoms with Gasteiger partial charge in [0.1, 0.15) is 22.3 Å². The van der Waals surface area contributed by atoms with Gasteiger partial charge in [-0.15, -0.1) is 0 Å². The number of rotatable bonds is 5. The first-order chi connectivity index (χ1) is 37.5. The van der Waals surface area contributed by atoms with Gasteiger partial charge in [0.15, 0.2) is 0 Å². The van der Waals surface area contributed by atoms with Gasteiger partial charge in [0.25, 0.3) is 0 Å². The van der Waals surface area contributed by atoms with E-state index >= 15 is 0 Å². The van der Waals surface area contributed by atoms with E-state index in [9.17, 15) is 0 Å². The Balaban J connectivity index is 1.14. The van der Waals surface area contributed by atoms with Crippen molar-refractivity contribution in [2.45, 2.75) is 65.2 Å².